The molecule has 0 radical (unpaired) electrons. The van der Waals surface area contributed by atoms with Crippen molar-refractivity contribution in [2.24, 2.45) is 0 Å². The number of aliphatic hydroxyl groups excluding tert-OH is 1. The molecule has 0 aliphatic carbocycles. The van der Waals surface area contributed by atoms with Crippen LogP contribution in [0.3, 0.4) is 0 Å². The highest BCUT2D eigenvalue weighted by molar-refractivity contribution is 5.96. The molecule has 0 atom stereocenters. The van der Waals surface area contributed by atoms with Crippen LogP contribution in [0.1, 0.15) is 39.9 Å². The topological polar surface area (TPSA) is 61.8 Å². The average Bonchev–Trinajstić information content (AvgIpc) is 2.85. The second kappa shape index (κ2) is 11.1. The quantitative estimate of drug-likeness (QED) is 0.540. The molecule has 3 aromatic rings. The summed E-state index contributed by atoms with van der Waals surface area (Å²) in [5, 5.41) is 12.6. The van der Waals surface area contributed by atoms with Crippen LogP contribution in [0.5, 0.6) is 5.75 Å². The first kappa shape index (κ1) is 23.0. The van der Waals surface area contributed by atoms with E-state index in [0.29, 0.717) is 17.9 Å². The minimum Gasteiger partial charge on any atom is -0.488 e. The Kier molecular flexibility index (Phi) is 7.70. The van der Waals surface area contributed by atoms with Gasteiger partial charge in [-0.2, -0.15) is 0 Å². The van der Waals surface area contributed by atoms with Crippen molar-refractivity contribution in [3.8, 4) is 5.75 Å². The number of nitrogens with zero attached hydrogens (tertiary/aromatic N) is 1. The van der Waals surface area contributed by atoms with Gasteiger partial charge in [0.25, 0.3) is 5.91 Å². The first-order valence-electron chi connectivity index (χ1n) is 11.3. The fourth-order valence-corrected chi connectivity index (χ4v) is 3.90. The second-order valence-corrected chi connectivity index (χ2v) is 8.42. The molecule has 1 amide bonds. The summed E-state index contributed by atoms with van der Waals surface area (Å²) >= 11 is 0. The molecule has 4 rings (SSSR count). The molecule has 1 heterocycles. The summed E-state index contributed by atoms with van der Waals surface area (Å²) < 4.78 is 18.9. The Morgan fingerprint density at radius 2 is 1.58 bits per heavy atom. The fourth-order valence-electron chi connectivity index (χ4n) is 3.90. The highest BCUT2D eigenvalue weighted by Gasteiger charge is 2.17. The Balaban J connectivity index is 1.30. The van der Waals surface area contributed by atoms with Gasteiger partial charge in [-0.3, -0.25) is 9.69 Å². The van der Waals surface area contributed by atoms with Crippen molar-refractivity contribution < 1.29 is 19.0 Å². The van der Waals surface area contributed by atoms with Crippen LogP contribution >= 0.6 is 0 Å². The molecule has 6 heteroatoms. The zero-order chi connectivity index (χ0) is 23.0. The first-order valence-corrected chi connectivity index (χ1v) is 11.3. The highest BCUT2D eigenvalue weighted by Crippen LogP contribution is 2.20. The predicted molar refractivity (Wildman–Crippen MR) is 125 cm³/mol. The summed E-state index contributed by atoms with van der Waals surface area (Å²) in [6.07, 6.45) is 1.50. The number of rotatable bonds is 8. The Labute approximate surface area is 193 Å². The third-order valence-corrected chi connectivity index (χ3v) is 5.88. The summed E-state index contributed by atoms with van der Waals surface area (Å²) in [5.74, 6) is -0.0140. The number of carbonyl (C=O) groups excluding carboxylic acids is 1. The maximum absolute atomic E-state index is 13.1. The van der Waals surface area contributed by atoms with Gasteiger partial charge in [0.05, 0.1) is 11.7 Å². The molecule has 1 fully saturated rings. The molecule has 0 spiro atoms. The van der Waals surface area contributed by atoms with E-state index in [2.05, 4.69) is 22.3 Å². The van der Waals surface area contributed by atoms with Gasteiger partial charge in [0.2, 0.25) is 0 Å². The van der Waals surface area contributed by atoms with E-state index in [1.165, 1.54) is 17.7 Å². The molecule has 0 saturated carbocycles. The van der Waals surface area contributed by atoms with E-state index < -0.39 is 0 Å². The highest BCUT2D eigenvalue weighted by atomic mass is 19.1. The molecule has 1 aliphatic heterocycles. The molecular weight excluding hydrogens is 419 g/mol. The van der Waals surface area contributed by atoms with Crippen LogP contribution in [0.4, 0.5) is 4.39 Å². The lowest BCUT2D eigenvalue weighted by Crippen LogP contribution is -2.35. The van der Waals surface area contributed by atoms with Crippen molar-refractivity contribution in [1.82, 2.24) is 10.2 Å². The predicted octanol–water partition coefficient (Wildman–Crippen LogP) is 4.29. The summed E-state index contributed by atoms with van der Waals surface area (Å²) in [4.78, 5) is 15.1. The van der Waals surface area contributed by atoms with Crippen LogP contribution in [0, 0.1) is 5.82 Å². The van der Waals surface area contributed by atoms with Crippen LogP contribution in [-0.2, 0) is 19.7 Å². The number of ether oxygens (including phenoxy) is 1. The smallest absolute Gasteiger partial charge is 0.255 e. The summed E-state index contributed by atoms with van der Waals surface area (Å²) in [6, 6.07) is 21.5. The summed E-state index contributed by atoms with van der Waals surface area (Å²) in [7, 11) is 0. The first-order chi connectivity index (χ1) is 16.1. The Morgan fingerprint density at radius 3 is 2.30 bits per heavy atom. The third kappa shape index (κ3) is 6.63. The van der Waals surface area contributed by atoms with E-state index in [-0.39, 0.29) is 24.4 Å². The van der Waals surface area contributed by atoms with Crippen LogP contribution in [0.25, 0.3) is 0 Å². The van der Waals surface area contributed by atoms with Gasteiger partial charge in [0, 0.05) is 26.2 Å². The number of halogens is 1. The van der Waals surface area contributed by atoms with Gasteiger partial charge in [-0.1, -0.05) is 48.5 Å². The average molecular weight is 449 g/mol. The van der Waals surface area contributed by atoms with Crippen molar-refractivity contribution in [2.45, 2.75) is 38.6 Å². The number of nitrogens with one attached hydrogen (secondary N) is 1. The lowest BCUT2D eigenvalue weighted by atomic mass is 10.1. The zero-order valence-corrected chi connectivity index (χ0v) is 18.5. The van der Waals surface area contributed by atoms with Gasteiger partial charge >= 0.3 is 0 Å². The number of likely N-dealkylation sites (tertiary alicyclic amines) is 1. The molecule has 172 valence electrons. The molecule has 3 aromatic carbocycles. The van der Waals surface area contributed by atoms with E-state index in [1.807, 2.05) is 18.2 Å². The van der Waals surface area contributed by atoms with Crippen molar-refractivity contribution in [3.63, 3.8) is 0 Å². The largest absolute Gasteiger partial charge is 0.488 e. The number of benzene rings is 3. The molecule has 1 aliphatic rings. The number of hydrogen-bond donors (Lipinski definition) is 2. The van der Waals surface area contributed by atoms with Gasteiger partial charge in [-0.25, -0.2) is 4.39 Å². The molecule has 0 bridgehead atoms. The number of amides is 1. The molecule has 33 heavy (non-hydrogen) atoms. The zero-order valence-electron chi connectivity index (χ0n) is 18.5. The number of carbonyl (C=O) groups is 1. The van der Waals surface area contributed by atoms with Crippen molar-refractivity contribution in [1.29, 1.82) is 0 Å². The number of aliphatic hydroxyl groups is 1. The minimum atomic E-state index is -0.294. The lowest BCUT2D eigenvalue weighted by molar-refractivity contribution is 0.0792. The van der Waals surface area contributed by atoms with Crippen LogP contribution < -0.4 is 10.1 Å². The Hall–Kier alpha value is -3.22. The van der Waals surface area contributed by atoms with Gasteiger partial charge in [0.1, 0.15) is 18.2 Å². The Bertz CT molecular complexity index is 1050. The van der Waals surface area contributed by atoms with Crippen molar-refractivity contribution in [2.75, 3.05) is 13.1 Å². The van der Waals surface area contributed by atoms with Gasteiger partial charge in [-0.05, 0) is 53.8 Å². The maximum Gasteiger partial charge on any atom is 0.255 e. The lowest BCUT2D eigenvalue weighted by Gasteiger charge is -2.29. The van der Waals surface area contributed by atoms with Gasteiger partial charge < -0.3 is 15.2 Å². The normalized spacial score (nSPS) is 14.7. The molecule has 1 saturated heterocycles. The molecule has 2 N–H and O–H groups in total. The maximum atomic E-state index is 13.1. The summed E-state index contributed by atoms with van der Waals surface area (Å²) in [6.45, 7) is 3.38. The fraction of sp³-hybridized carbons (Fsp3) is 0.296. The van der Waals surface area contributed by atoms with Crippen molar-refractivity contribution >= 4 is 5.91 Å². The third-order valence-electron chi connectivity index (χ3n) is 5.88. The monoisotopic (exact) mass is 448 g/mol. The molecule has 0 aromatic heterocycles. The standard InChI is InChI=1S/C27H29FN2O3/c28-23-11-9-22(10-12-23)19-33-26-4-2-1-3-25(26)27(32)29-17-20-5-7-21(8-6-20)18-30-15-13-24(31)14-16-30/h1-12,24,31H,13-19H2,(H,29,32). The number of hydrogen-bond acceptors (Lipinski definition) is 4. The second-order valence-electron chi connectivity index (χ2n) is 8.42. The van der Waals surface area contributed by atoms with Crippen LogP contribution in [-0.4, -0.2) is 35.1 Å². The van der Waals surface area contributed by atoms with Gasteiger partial charge in [0.15, 0.2) is 0 Å². The van der Waals surface area contributed by atoms with E-state index >= 15 is 0 Å². The van der Waals surface area contributed by atoms with Gasteiger partial charge in [-0.15, -0.1) is 0 Å². The van der Waals surface area contributed by atoms with E-state index in [0.717, 1.165) is 43.6 Å². The van der Waals surface area contributed by atoms with E-state index in [4.69, 9.17) is 4.74 Å². The van der Waals surface area contributed by atoms with E-state index in [1.54, 1.807) is 30.3 Å². The van der Waals surface area contributed by atoms with Crippen LogP contribution in [0.2, 0.25) is 0 Å². The Morgan fingerprint density at radius 1 is 0.939 bits per heavy atom. The minimum absolute atomic E-state index is 0.161. The number of para-hydroxylation sites is 1. The van der Waals surface area contributed by atoms with Crippen LogP contribution in [0.15, 0.2) is 72.8 Å². The van der Waals surface area contributed by atoms with E-state index in [9.17, 15) is 14.3 Å². The molecule has 0 unspecified atom stereocenters. The molecular formula is C27H29FN2O3. The number of piperidine rings is 1. The summed E-state index contributed by atoms with van der Waals surface area (Å²) in [5.41, 5.74) is 3.53. The molecule has 5 nitrogen and oxygen atoms in total. The van der Waals surface area contributed by atoms with Crippen molar-refractivity contribution in [3.05, 3.63) is 101 Å². The SMILES string of the molecule is O=C(NCc1ccc(CN2CCC(O)CC2)cc1)c1ccccc1OCc1ccc(F)cc1.